The van der Waals surface area contributed by atoms with Gasteiger partial charge >= 0.3 is 11.9 Å². The van der Waals surface area contributed by atoms with Crippen LogP contribution in [-0.4, -0.2) is 42.2 Å². The lowest BCUT2D eigenvalue weighted by atomic mass is 9.77. The van der Waals surface area contributed by atoms with Crippen LogP contribution in [0.3, 0.4) is 0 Å². The van der Waals surface area contributed by atoms with Gasteiger partial charge in [0, 0.05) is 25.0 Å². The van der Waals surface area contributed by atoms with Gasteiger partial charge in [-0.05, 0) is 31.4 Å². The fraction of sp³-hybridized carbons (Fsp3) is 0.533. The first-order valence-electron chi connectivity index (χ1n) is 7.05. The molecule has 1 unspecified atom stereocenters. The molecule has 6 heteroatoms. The van der Waals surface area contributed by atoms with Crippen molar-refractivity contribution in [2.45, 2.75) is 26.2 Å². The Morgan fingerprint density at radius 3 is 2.90 bits per heavy atom. The van der Waals surface area contributed by atoms with Gasteiger partial charge in [-0.2, -0.15) is 0 Å². The SMILES string of the molecule is CCC1(C(=O)O)CCCN(c2ccnc(C(=O)OC)c2)C1. The molecule has 1 aromatic rings. The first-order chi connectivity index (χ1) is 10.0. The quantitative estimate of drug-likeness (QED) is 0.854. The van der Waals surface area contributed by atoms with E-state index in [4.69, 9.17) is 0 Å². The minimum Gasteiger partial charge on any atom is -0.481 e. The zero-order chi connectivity index (χ0) is 15.5. The van der Waals surface area contributed by atoms with E-state index in [1.165, 1.54) is 7.11 Å². The van der Waals surface area contributed by atoms with Crippen molar-refractivity contribution in [3.63, 3.8) is 0 Å². The molecule has 1 N–H and O–H groups in total. The lowest BCUT2D eigenvalue weighted by Gasteiger charge is -2.40. The van der Waals surface area contributed by atoms with Crippen molar-refractivity contribution in [3.05, 3.63) is 24.0 Å². The summed E-state index contributed by atoms with van der Waals surface area (Å²) in [5, 5.41) is 9.52. The number of nitrogens with zero attached hydrogens (tertiary/aromatic N) is 2. The molecule has 6 nitrogen and oxygen atoms in total. The van der Waals surface area contributed by atoms with Crippen LogP contribution in [0.1, 0.15) is 36.7 Å². The van der Waals surface area contributed by atoms with E-state index < -0.39 is 17.4 Å². The number of aliphatic carboxylic acids is 1. The second kappa shape index (κ2) is 6.11. The number of carboxylic acids is 1. The number of carboxylic acid groups (broad SMARTS) is 1. The number of hydrogen-bond donors (Lipinski definition) is 1. The van der Waals surface area contributed by atoms with E-state index in [9.17, 15) is 14.7 Å². The Hall–Kier alpha value is -2.11. The van der Waals surface area contributed by atoms with Crippen molar-refractivity contribution in [3.8, 4) is 0 Å². The number of anilines is 1. The number of carbonyl (C=O) groups excluding carboxylic acids is 1. The minimum atomic E-state index is -0.753. The second-order valence-corrected chi connectivity index (χ2v) is 5.36. The number of methoxy groups -OCH3 is 1. The molecule has 1 aromatic heterocycles. The highest BCUT2D eigenvalue weighted by atomic mass is 16.5. The topological polar surface area (TPSA) is 79.7 Å². The number of esters is 1. The van der Waals surface area contributed by atoms with Gasteiger partial charge < -0.3 is 14.7 Å². The highest BCUT2D eigenvalue weighted by molar-refractivity contribution is 5.88. The molecule has 0 spiro atoms. The van der Waals surface area contributed by atoms with E-state index in [-0.39, 0.29) is 5.69 Å². The second-order valence-electron chi connectivity index (χ2n) is 5.36. The Bertz CT molecular complexity index is 546. The van der Waals surface area contributed by atoms with Crippen LogP contribution in [-0.2, 0) is 9.53 Å². The van der Waals surface area contributed by atoms with Crippen molar-refractivity contribution in [2.75, 3.05) is 25.1 Å². The zero-order valence-corrected chi connectivity index (χ0v) is 12.3. The average Bonchev–Trinajstić information content (AvgIpc) is 2.54. The molecule has 0 saturated carbocycles. The lowest BCUT2D eigenvalue weighted by molar-refractivity contribution is -0.149. The predicted molar refractivity (Wildman–Crippen MR) is 77.4 cm³/mol. The number of carbonyl (C=O) groups is 2. The van der Waals surface area contributed by atoms with Gasteiger partial charge in [0.25, 0.3) is 0 Å². The first kappa shape index (κ1) is 15.3. The van der Waals surface area contributed by atoms with E-state index in [1.54, 1.807) is 18.3 Å². The van der Waals surface area contributed by atoms with Gasteiger partial charge in [-0.3, -0.25) is 4.79 Å². The van der Waals surface area contributed by atoms with Crippen LogP contribution in [0.4, 0.5) is 5.69 Å². The number of ether oxygens (including phenoxy) is 1. The summed E-state index contributed by atoms with van der Waals surface area (Å²) in [5.41, 5.74) is 0.328. The van der Waals surface area contributed by atoms with Crippen LogP contribution in [0.5, 0.6) is 0 Å². The van der Waals surface area contributed by atoms with Crippen LogP contribution in [0.25, 0.3) is 0 Å². The number of hydrogen-bond acceptors (Lipinski definition) is 5. The molecule has 0 amide bonds. The minimum absolute atomic E-state index is 0.234. The summed E-state index contributed by atoms with van der Waals surface area (Å²) < 4.78 is 4.66. The van der Waals surface area contributed by atoms with E-state index >= 15 is 0 Å². The molecule has 114 valence electrons. The molecule has 1 fully saturated rings. The van der Waals surface area contributed by atoms with Crippen LogP contribution >= 0.6 is 0 Å². The Morgan fingerprint density at radius 2 is 2.29 bits per heavy atom. The van der Waals surface area contributed by atoms with Gasteiger partial charge in [0.15, 0.2) is 0 Å². The molecule has 21 heavy (non-hydrogen) atoms. The molecular weight excluding hydrogens is 272 g/mol. The van der Waals surface area contributed by atoms with Gasteiger partial charge in [-0.15, -0.1) is 0 Å². The molecule has 1 aliphatic rings. The number of aromatic nitrogens is 1. The standard InChI is InChI=1S/C15H20N2O4/c1-3-15(14(19)20)6-4-8-17(10-15)11-5-7-16-12(9-11)13(18)21-2/h5,7,9H,3-4,6,8,10H2,1-2H3,(H,19,20). The van der Waals surface area contributed by atoms with E-state index in [0.29, 0.717) is 19.4 Å². The maximum absolute atomic E-state index is 11.6. The molecule has 2 heterocycles. The summed E-state index contributed by atoms with van der Waals surface area (Å²) >= 11 is 0. The van der Waals surface area contributed by atoms with Crippen molar-refractivity contribution in [2.24, 2.45) is 5.41 Å². The van der Waals surface area contributed by atoms with Crippen LogP contribution in [0, 0.1) is 5.41 Å². The zero-order valence-electron chi connectivity index (χ0n) is 12.3. The normalized spacial score (nSPS) is 21.9. The number of rotatable bonds is 4. The van der Waals surface area contributed by atoms with Crippen LogP contribution < -0.4 is 4.90 Å². The molecule has 2 rings (SSSR count). The van der Waals surface area contributed by atoms with Crippen molar-refractivity contribution in [1.82, 2.24) is 4.98 Å². The van der Waals surface area contributed by atoms with Crippen molar-refractivity contribution in [1.29, 1.82) is 0 Å². The third kappa shape index (κ3) is 2.99. The van der Waals surface area contributed by atoms with E-state index in [1.807, 2.05) is 11.8 Å². The largest absolute Gasteiger partial charge is 0.481 e. The molecule has 1 aliphatic heterocycles. The van der Waals surface area contributed by atoms with Gasteiger partial charge in [0.2, 0.25) is 0 Å². The lowest BCUT2D eigenvalue weighted by Crippen LogP contribution is -2.47. The maximum atomic E-state index is 11.6. The predicted octanol–water partition coefficient (Wildman–Crippen LogP) is 1.95. The van der Waals surface area contributed by atoms with Crippen LogP contribution in [0.2, 0.25) is 0 Å². The third-order valence-electron chi connectivity index (χ3n) is 4.21. The highest BCUT2D eigenvalue weighted by Crippen LogP contribution is 2.35. The van der Waals surface area contributed by atoms with Gasteiger partial charge in [-0.25, -0.2) is 9.78 Å². The first-order valence-corrected chi connectivity index (χ1v) is 7.05. The summed E-state index contributed by atoms with van der Waals surface area (Å²) in [4.78, 5) is 29.1. The number of piperidine rings is 1. The van der Waals surface area contributed by atoms with Crippen molar-refractivity contribution >= 4 is 17.6 Å². The maximum Gasteiger partial charge on any atom is 0.356 e. The summed E-state index contributed by atoms with van der Waals surface area (Å²) in [7, 11) is 1.31. The highest BCUT2D eigenvalue weighted by Gasteiger charge is 2.40. The fourth-order valence-electron chi connectivity index (χ4n) is 2.80. The molecule has 1 saturated heterocycles. The van der Waals surface area contributed by atoms with Gasteiger partial charge in [0.1, 0.15) is 5.69 Å². The number of pyridine rings is 1. The Morgan fingerprint density at radius 1 is 1.52 bits per heavy atom. The summed E-state index contributed by atoms with van der Waals surface area (Å²) in [5.74, 6) is -1.24. The van der Waals surface area contributed by atoms with E-state index in [0.717, 1.165) is 18.7 Å². The summed E-state index contributed by atoms with van der Waals surface area (Å²) in [6.07, 6.45) is 3.64. The third-order valence-corrected chi connectivity index (χ3v) is 4.21. The summed E-state index contributed by atoms with van der Waals surface area (Å²) in [6.45, 7) is 3.13. The molecular formula is C15H20N2O4. The Labute approximate surface area is 123 Å². The molecule has 0 bridgehead atoms. The molecule has 1 atom stereocenters. The molecule has 0 radical (unpaired) electrons. The summed E-state index contributed by atoms with van der Waals surface area (Å²) in [6, 6.07) is 3.44. The Kier molecular flexibility index (Phi) is 4.45. The molecule has 0 aliphatic carbocycles. The van der Waals surface area contributed by atoms with Gasteiger partial charge in [-0.1, -0.05) is 6.92 Å². The van der Waals surface area contributed by atoms with E-state index in [2.05, 4.69) is 9.72 Å². The van der Waals surface area contributed by atoms with Gasteiger partial charge in [0.05, 0.1) is 12.5 Å². The van der Waals surface area contributed by atoms with Crippen LogP contribution in [0.15, 0.2) is 18.3 Å². The smallest absolute Gasteiger partial charge is 0.356 e. The van der Waals surface area contributed by atoms with Crippen molar-refractivity contribution < 1.29 is 19.4 Å². The fourth-order valence-corrected chi connectivity index (χ4v) is 2.80. The average molecular weight is 292 g/mol. The Balaban J connectivity index is 2.26. The monoisotopic (exact) mass is 292 g/mol. The molecule has 0 aromatic carbocycles.